The third kappa shape index (κ3) is 2.28. The van der Waals surface area contributed by atoms with Crippen molar-refractivity contribution < 1.29 is 13.5 Å². The SMILES string of the molecule is COc1cc(F)ccc1-c1cc(F)ccc1C. The number of hydrogen-bond acceptors (Lipinski definition) is 1. The molecule has 0 fully saturated rings. The summed E-state index contributed by atoms with van der Waals surface area (Å²) in [6, 6.07) is 8.73. The third-order valence-corrected chi connectivity index (χ3v) is 2.65. The number of hydrogen-bond donors (Lipinski definition) is 0. The number of rotatable bonds is 2. The Balaban J connectivity index is 2.63. The molecule has 1 nitrogen and oxygen atoms in total. The van der Waals surface area contributed by atoms with Gasteiger partial charge in [0.05, 0.1) is 7.11 Å². The Morgan fingerprint density at radius 3 is 2.24 bits per heavy atom. The van der Waals surface area contributed by atoms with Crippen molar-refractivity contribution in [3.63, 3.8) is 0 Å². The lowest BCUT2D eigenvalue weighted by molar-refractivity contribution is 0.413. The van der Waals surface area contributed by atoms with Crippen LogP contribution in [0, 0.1) is 18.6 Å². The summed E-state index contributed by atoms with van der Waals surface area (Å²) >= 11 is 0. The lowest BCUT2D eigenvalue weighted by atomic mass is 9.99. The smallest absolute Gasteiger partial charge is 0.129 e. The minimum absolute atomic E-state index is 0.322. The van der Waals surface area contributed by atoms with Crippen molar-refractivity contribution in [2.75, 3.05) is 7.11 Å². The molecule has 0 saturated carbocycles. The second-order valence-electron chi connectivity index (χ2n) is 3.80. The molecule has 0 unspecified atom stereocenters. The van der Waals surface area contributed by atoms with Crippen molar-refractivity contribution in [1.82, 2.24) is 0 Å². The van der Waals surface area contributed by atoms with Gasteiger partial charge in [0.15, 0.2) is 0 Å². The molecule has 0 aliphatic heterocycles. The molecule has 0 saturated heterocycles. The van der Waals surface area contributed by atoms with Crippen molar-refractivity contribution in [3.05, 3.63) is 53.6 Å². The van der Waals surface area contributed by atoms with Crippen LogP contribution in [0.3, 0.4) is 0 Å². The van der Waals surface area contributed by atoms with E-state index in [1.807, 2.05) is 6.92 Å². The maximum atomic E-state index is 13.2. The van der Waals surface area contributed by atoms with E-state index < -0.39 is 0 Å². The third-order valence-electron chi connectivity index (χ3n) is 2.65. The van der Waals surface area contributed by atoms with Gasteiger partial charge in [-0.3, -0.25) is 0 Å². The summed E-state index contributed by atoms with van der Waals surface area (Å²) in [5.74, 6) is -0.296. The van der Waals surface area contributed by atoms with Gasteiger partial charge in [0.1, 0.15) is 17.4 Å². The van der Waals surface area contributed by atoms with Crippen LogP contribution in [0.4, 0.5) is 8.78 Å². The average Bonchev–Trinajstić information content (AvgIpc) is 2.32. The van der Waals surface area contributed by atoms with Crippen LogP contribution < -0.4 is 4.74 Å². The molecule has 2 aromatic rings. The Kier molecular flexibility index (Phi) is 3.09. The normalized spacial score (nSPS) is 10.4. The van der Waals surface area contributed by atoms with E-state index in [0.717, 1.165) is 5.56 Å². The van der Waals surface area contributed by atoms with Gasteiger partial charge in [0, 0.05) is 11.6 Å². The van der Waals surface area contributed by atoms with E-state index in [1.165, 1.54) is 31.4 Å². The minimum Gasteiger partial charge on any atom is -0.496 e. The Morgan fingerprint density at radius 1 is 0.882 bits per heavy atom. The molecule has 17 heavy (non-hydrogen) atoms. The summed E-state index contributed by atoms with van der Waals surface area (Å²) in [5, 5.41) is 0. The second-order valence-corrected chi connectivity index (χ2v) is 3.80. The van der Waals surface area contributed by atoms with Gasteiger partial charge < -0.3 is 4.74 Å². The van der Waals surface area contributed by atoms with Crippen LogP contribution in [-0.4, -0.2) is 7.11 Å². The Morgan fingerprint density at radius 2 is 1.53 bits per heavy atom. The van der Waals surface area contributed by atoms with E-state index in [2.05, 4.69) is 0 Å². The first-order chi connectivity index (χ1) is 8.11. The molecule has 0 aromatic heterocycles. The lowest BCUT2D eigenvalue weighted by Gasteiger charge is -2.11. The Hall–Kier alpha value is -1.90. The number of aryl methyl sites for hydroxylation is 1. The van der Waals surface area contributed by atoms with Gasteiger partial charge in [-0.25, -0.2) is 8.78 Å². The van der Waals surface area contributed by atoms with Crippen molar-refractivity contribution in [3.8, 4) is 16.9 Å². The average molecular weight is 234 g/mol. The Labute approximate surface area is 98.7 Å². The molecule has 0 atom stereocenters. The van der Waals surface area contributed by atoms with E-state index in [4.69, 9.17) is 4.74 Å². The first-order valence-electron chi connectivity index (χ1n) is 5.22. The standard InChI is InChI=1S/C14H12F2O/c1-9-3-4-10(15)7-13(9)12-6-5-11(16)8-14(12)17-2/h3-8H,1-2H3. The molecule has 88 valence electrons. The molecule has 2 aromatic carbocycles. The van der Waals surface area contributed by atoms with E-state index in [-0.39, 0.29) is 11.6 Å². The van der Waals surface area contributed by atoms with Crippen molar-refractivity contribution >= 4 is 0 Å². The zero-order chi connectivity index (χ0) is 12.4. The second kappa shape index (κ2) is 4.53. The maximum absolute atomic E-state index is 13.2. The van der Waals surface area contributed by atoms with E-state index in [9.17, 15) is 8.78 Å². The molecular weight excluding hydrogens is 222 g/mol. The number of benzene rings is 2. The molecular formula is C14H12F2O. The van der Waals surface area contributed by atoms with Crippen LogP contribution in [-0.2, 0) is 0 Å². The van der Waals surface area contributed by atoms with E-state index in [0.29, 0.717) is 16.9 Å². The molecule has 0 radical (unpaired) electrons. The van der Waals surface area contributed by atoms with Crippen LogP contribution in [0.5, 0.6) is 5.75 Å². The summed E-state index contributed by atoms with van der Waals surface area (Å²) in [7, 11) is 1.47. The molecule has 0 aliphatic rings. The van der Waals surface area contributed by atoms with Crippen molar-refractivity contribution in [2.45, 2.75) is 6.92 Å². The van der Waals surface area contributed by atoms with Crippen molar-refractivity contribution in [2.24, 2.45) is 0 Å². The molecule has 0 spiro atoms. The lowest BCUT2D eigenvalue weighted by Crippen LogP contribution is -1.92. The summed E-state index contributed by atoms with van der Waals surface area (Å²) in [6.07, 6.45) is 0. The summed E-state index contributed by atoms with van der Waals surface area (Å²) in [4.78, 5) is 0. The van der Waals surface area contributed by atoms with Crippen LogP contribution in [0.2, 0.25) is 0 Å². The number of methoxy groups -OCH3 is 1. The van der Waals surface area contributed by atoms with Gasteiger partial charge in [0.2, 0.25) is 0 Å². The molecule has 0 heterocycles. The highest BCUT2D eigenvalue weighted by molar-refractivity contribution is 5.73. The fourth-order valence-electron chi connectivity index (χ4n) is 1.77. The van der Waals surface area contributed by atoms with Gasteiger partial charge in [-0.15, -0.1) is 0 Å². The molecule has 0 aliphatic carbocycles. The van der Waals surface area contributed by atoms with Crippen LogP contribution >= 0.6 is 0 Å². The highest BCUT2D eigenvalue weighted by Crippen LogP contribution is 2.33. The van der Waals surface area contributed by atoms with Gasteiger partial charge in [-0.2, -0.15) is 0 Å². The van der Waals surface area contributed by atoms with Crippen LogP contribution in [0.25, 0.3) is 11.1 Å². The number of halogens is 2. The monoisotopic (exact) mass is 234 g/mol. The fourth-order valence-corrected chi connectivity index (χ4v) is 1.77. The molecule has 0 N–H and O–H groups in total. The van der Waals surface area contributed by atoms with Gasteiger partial charge >= 0.3 is 0 Å². The summed E-state index contributed by atoms with van der Waals surface area (Å²) in [5.41, 5.74) is 2.31. The predicted octanol–water partition coefficient (Wildman–Crippen LogP) is 3.95. The quantitative estimate of drug-likeness (QED) is 0.764. The highest BCUT2D eigenvalue weighted by Gasteiger charge is 2.10. The zero-order valence-electron chi connectivity index (χ0n) is 9.63. The van der Waals surface area contributed by atoms with Gasteiger partial charge in [0.25, 0.3) is 0 Å². The predicted molar refractivity (Wildman–Crippen MR) is 63.1 cm³/mol. The fraction of sp³-hybridized carbons (Fsp3) is 0.143. The highest BCUT2D eigenvalue weighted by atomic mass is 19.1. The summed E-state index contributed by atoms with van der Waals surface area (Å²) in [6.45, 7) is 1.87. The maximum Gasteiger partial charge on any atom is 0.129 e. The van der Waals surface area contributed by atoms with Crippen LogP contribution in [0.1, 0.15) is 5.56 Å². The first kappa shape index (κ1) is 11.6. The minimum atomic E-state index is -0.375. The Bertz CT molecular complexity index is 550. The molecule has 0 bridgehead atoms. The zero-order valence-corrected chi connectivity index (χ0v) is 9.63. The largest absolute Gasteiger partial charge is 0.496 e. The van der Waals surface area contributed by atoms with Gasteiger partial charge in [-0.05, 0) is 42.3 Å². The van der Waals surface area contributed by atoms with Gasteiger partial charge in [-0.1, -0.05) is 6.07 Å². The molecule has 0 amide bonds. The topological polar surface area (TPSA) is 9.23 Å². The van der Waals surface area contributed by atoms with E-state index in [1.54, 1.807) is 12.1 Å². The van der Waals surface area contributed by atoms with Crippen LogP contribution in [0.15, 0.2) is 36.4 Å². The molecule has 2 rings (SSSR count). The van der Waals surface area contributed by atoms with Crippen molar-refractivity contribution in [1.29, 1.82) is 0 Å². The number of ether oxygens (including phenoxy) is 1. The van der Waals surface area contributed by atoms with E-state index >= 15 is 0 Å². The molecule has 3 heteroatoms. The first-order valence-corrected chi connectivity index (χ1v) is 5.22. The summed E-state index contributed by atoms with van der Waals surface area (Å²) < 4.78 is 31.4.